The largest absolute Gasteiger partial charge is 0.495 e. The van der Waals surface area contributed by atoms with Crippen molar-refractivity contribution in [1.82, 2.24) is 4.90 Å². The third-order valence-corrected chi connectivity index (χ3v) is 5.31. The van der Waals surface area contributed by atoms with E-state index in [4.69, 9.17) is 14.0 Å². The molecule has 0 N–H and O–H groups in total. The maximum atomic E-state index is 11.0. The van der Waals surface area contributed by atoms with Crippen LogP contribution >= 0.6 is 0 Å². The molecule has 2 aliphatic rings. The highest BCUT2D eigenvalue weighted by atomic mass is 16.7. The zero-order valence-electron chi connectivity index (χ0n) is 17.4. The molecular weight excluding hydrogens is 329 g/mol. The van der Waals surface area contributed by atoms with E-state index in [1.165, 1.54) is 5.56 Å². The summed E-state index contributed by atoms with van der Waals surface area (Å²) >= 11 is 0. The van der Waals surface area contributed by atoms with E-state index >= 15 is 0 Å². The molecular formula is C20H32BNO4. The molecule has 144 valence electrons. The molecule has 2 heterocycles. The van der Waals surface area contributed by atoms with Crippen molar-refractivity contribution >= 4 is 19.0 Å². The van der Waals surface area contributed by atoms with E-state index in [2.05, 4.69) is 6.07 Å². The van der Waals surface area contributed by atoms with Crippen molar-refractivity contribution in [2.24, 2.45) is 0 Å². The van der Waals surface area contributed by atoms with E-state index < -0.39 is 0 Å². The number of hydrogen-bond donors (Lipinski definition) is 0. The van der Waals surface area contributed by atoms with Gasteiger partial charge in [0.15, 0.2) is 0 Å². The molecule has 1 amide bonds. The molecule has 0 radical (unpaired) electrons. The van der Waals surface area contributed by atoms with Crippen molar-refractivity contribution in [1.29, 1.82) is 0 Å². The van der Waals surface area contributed by atoms with Crippen molar-refractivity contribution in [3.8, 4) is 0 Å². The highest BCUT2D eigenvalue weighted by molar-refractivity contribution is 6.62. The summed E-state index contributed by atoms with van der Waals surface area (Å²) in [5.41, 5.74) is 2.75. The Kier molecular flexibility index (Phi) is 5.91. The molecule has 0 atom stereocenters. The molecule has 0 aliphatic carbocycles. The Bertz CT molecular complexity index is 636. The van der Waals surface area contributed by atoms with E-state index in [9.17, 15) is 4.79 Å². The highest BCUT2D eigenvalue weighted by Crippen LogP contribution is 2.37. The summed E-state index contributed by atoms with van der Waals surface area (Å²) < 4.78 is 17.2. The van der Waals surface area contributed by atoms with Gasteiger partial charge in [0.05, 0.1) is 16.8 Å². The summed E-state index contributed by atoms with van der Waals surface area (Å²) in [6, 6.07) is 6.11. The number of rotatable bonds is 2. The summed E-state index contributed by atoms with van der Waals surface area (Å²) in [7, 11) is 1.35. The second-order valence-electron chi connectivity index (χ2n) is 8.90. The fraction of sp³-hybridized carbons (Fsp3) is 0.650. The SMILES string of the molecule is CC1(C)OB(c2cccc3c2CN(C=O)C3)OC1(C)C.COC(C)(C)C. The van der Waals surface area contributed by atoms with Crippen molar-refractivity contribution in [3.63, 3.8) is 0 Å². The van der Waals surface area contributed by atoms with Crippen LogP contribution in [0.2, 0.25) is 0 Å². The third kappa shape index (κ3) is 4.48. The lowest BCUT2D eigenvalue weighted by Crippen LogP contribution is -2.41. The Labute approximate surface area is 158 Å². The second kappa shape index (κ2) is 7.33. The van der Waals surface area contributed by atoms with Gasteiger partial charge in [-0.15, -0.1) is 0 Å². The van der Waals surface area contributed by atoms with Crippen molar-refractivity contribution < 1.29 is 18.8 Å². The molecule has 2 aliphatic heterocycles. The maximum absolute atomic E-state index is 11.0. The predicted molar refractivity (Wildman–Crippen MR) is 104 cm³/mol. The highest BCUT2D eigenvalue weighted by Gasteiger charge is 2.52. The van der Waals surface area contributed by atoms with Gasteiger partial charge in [0.1, 0.15) is 0 Å². The second-order valence-corrected chi connectivity index (χ2v) is 8.90. The van der Waals surface area contributed by atoms with Gasteiger partial charge in [-0.3, -0.25) is 4.79 Å². The molecule has 6 heteroatoms. The van der Waals surface area contributed by atoms with Crippen LogP contribution < -0.4 is 5.46 Å². The molecule has 0 saturated carbocycles. The number of carbonyl (C=O) groups excluding carboxylic acids is 1. The molecule has 26 heavy (non-hydrogen) atoms. The first kappa shape index (κ1) is 20.9. The van der Waals surface area contributed by atoms with Gasteiger partial charge < -0.3 is 18.9 Å². The topological polar surface area (TPSA) is 48.0 Å². The molecule has 0 spiro atoms. The van der Waals surface area contributed by atoms with Gasteiger partial charge in [0, 0.05) is 20.2 Å². The average molecular weight is 361 g/mol. The number of carbonyl (C=O) groups is 1. The fourth-order valence-corrected chi connectivity index (χ4v) is 2.74. The molecule has 1 aromatic carbocycles. The Balaban J connectivity index is 0.000000352. The lowest BCUT2D eigenvalue weighted by Gasteiger charge is -2.32. The molecule has 0 unspecified atom stereocenters. The molecule has 5 nitrogen and oxygen atoms in total. The molecule has 0 aromatic heterocycles. The van der Waals surface area contributed by atoms with E-state index in [1.807, 2.05) is 60.6 Å². The summed E-state index contributed by atoms with van der Waals surface area (Å²) in [5.74, 6) is 0. The van der Waals surface area contributed by atoms with Gasteiger partial charge in [-0.25, -0.2) is 0 Å². The zero-order valence-corrected chi connectivity index (χ0v) is 17.4. The van der Waals surface area contributed by atoms with Crippen LogP contribution in [-0.4, -0.2) is 42.3 Å². The first-order chi connectivity index (χ1) is 11.9. The van der Waals surface area contributed by atoms with Crippen LogP contribution in [0.5, 0.6) is 0 Å². The molecule has 0 bridgehead atoms. The van der Waals surface area contributed by atoms with Gasteiger partial charge in [-0.2, -0.15) is 0 Å². The van der Waals surface area contributed by atoms with Crippen LogP contribution in [-0.2, 0) is 31.9 Å². The van der Waals surface area contributed by atoms with E-state index in [0.717, 1.165) is 17.4 Å². The number of hydrogen-bond acceptors (Lipinski definition) is 4. The van der Waals surface area contributed by atoms with Crippen LogP contribution in [0, 0.1) is 0 Å². The quantitative estimate of drug-likeness (QED) is 0.600. The zero-order chi connectivity index (χ0) is 19.8. The van der Waals surface area contributed by atoms with Crippen LogP contribution in [0.1, 0.15) is 59.6 Å². The number of methoxy groups -OCH3 is 1. The van der Waals surface area contributed by atoms with Gasteiger partial charge in [-0.05, 0) is 65.1 Å². The first-order valence-corrected chi connectivity index (χ1v) is 9.11. The Morgan fingerprint density at radius 2 is 1.65 bits per heavy atom. The minimum absolute atomic E-state index is 0.0417. The standard InChI is InChI=1S/C15H20BNO3.C5H12O/c1-14(2)15(3,4)20-16(19-14)13-7-5-6-11-8-17(10-18)9-12(11)13;1-5(2,3)6-4/h5-7,10H,8-9H2,1-4H3;1-4H3. The van der Waals surface area contributed by atoms with Gasteiger partial charge in [0.25, 0.3) is 0 Å². The Morgan fingerprint density at radius 1 is 1.12 bits per heavy atom. The number of nitrogens with zero attached hydrogens (tertiary/aromatic N) is 1. The summed E-state index contributed by atoms with van der Waals surface area (Å²) in [5, 5.41) is 0. The number of benzene rings is 1. The minimum atomic E-state index is -0.360. The van der Waals surface area contributed by atoms with Crippen LogP contribution in [0.25, 0.3) is 0 Å². The monoisotopic (exact) mass is 361 g/mol. The van der Waals surface area contributed by atoms with Gasteiger partial charge in [-0.1, -0.05) is 18.2 Å². The van der Waals surface area contributed by atoms with Crippen molar-refractivity contribution in [2.75, 3.05) is 7.11 Å². The molecule has 1 saturated heterocycles. The first-order valence-electron chi connectivity index (χ1n) is 9.11. The molecule has 1 aromatic rings. The normalized spacial score (nSPS) is 20.5. The molecule has 1 fully saturated rings. The number of ether oxygens (including phenoxy) is 1. The van der Waals surface area contributed by atoms with E-state index in [1.54, 1.807) is 12.0 Å². The van der Waals surface area contributed by atoms with Crippen molar-refractivity contribution in [2.45, 2.75) is 78.4 Å². The smallest absolute Gasteiger partial charge is 0.399 e. The van der Waals surface area contributed by atoms with Gasteiger partial charge in [0.2, 0.25) is 6.41 Å². The van der Waals surface area contributed by atoms with Gasteiger partial charge >= 0.3 is 7.12 Å². The lowest BCUT2D eigenvalue weighted by molar-refractivity contribution is -0.118. The van der Waals surface area contributed by atoms with Crippen molar-refractivity contribution in [3.05, 3.63) is 29.3 Å². The minimum Gasteiger partial charge on any atom is -0.399 e. The summed E-state index contributed by atoms with van der Waals surface area (Å²) in [4.78, 5) is 12.7. The Hall–Kier alpha value is -1.37. The number of fused-ring (bicyclic) bond motifs is 1. The third-order valence-electron chi connectivity index (χ3n) is 5.31. The molecule has 3 rings (SSSR count). The predicted octanol–water partition coefficient (Wildman–Crippen LogP) is 2.89. The van der Waals surface area contributed by atoms with Crippen LogP contribution in [0.3, 0.4) is 0 Å². The number of amides is 1. The average Bonchev–Trinajstić information content (AvgIpc) is 3.05. The van der Waals surface area contributed by atoms with E-state index in [0.29, 0.717) is 13.1 Å². The Morgan fingerprint density at radius 3 is 2.12 bits per heavy atom. The van der Waals surface area contributed by atoms with Crippen LogP contribution in [0.15, 0.2) is 18.2 Å². The lowest BCUT2D eigenvalue weighted by atomic mass is 9.75. The summed E-state index contributed by atoms with van der Waals surface area (Å²) in [6.07, 6.45) is 0.897. The van der Waals surface area contributed by atoms with E-state index in [-0.39, 0.29) is 23.9 Å². The van der Waals surface area contributed by atoms with Crippen LogP contribution in [0.4, 0.5) is 0 Å². The maximum Gasteiger partial charge on any atom is 0.495 e. The summed E-state index contributed by atoms with van der Waals surface area (Å²) in [6.45, 7) is 15.6. The fourth-order valence-electron chi connectivity index (χ4n) is 2.74.